The Hall–Kier alpha value is -1.26. The van der Waals surface area contributed by atoms with Gasteiger partial charge in [-0.3, -0.25) is 4.79 Å². The number of carbonyl (C=O) groups is 1. The van der Waals surface area contributed by atoms with Crippen molar-refractivity contribution in [3.8, 4) is 0 Å². The summed E-state index contributed by atoms with van der Waals surface area (Å²) in [5.74, 6) is -0.239. The number of fused-ring (bicyclic) bond motifs is 1. The summed E-state index contributed by atoms with van der Waals surface area (Å²) < 4.78 is 6.23. The highest BCUT2D eigenvalue weighted by molar-refractivity contribution is 9.10. The van der Waals surface area contributed by atoms with Crippen molar-refractivity contribution in [1.82, 2.24) is 0 Å². The third kappa shape index (κ3) is 2.53. The van der Waals surface area contributed by atoms with Gasteiger partial charge in [0.25, 0.3) is 0 Å². The summed E-state index contributed by atoms with van der Waals surface area (Å²) in [7, 11) is 0. The Morgan fingerprint density at radius 1 is 1.53 bits per heavy atom. The lowest BCUT2D eigenvalue weighted by Gasteiger charge is -1.99. The molecular weight excluding hydrogens is 305 g/mol. The molecule has 0 fully saturated rings. The summed E-state index contributed by atoms with van der Waals surface area (Å²) >= 11 is 9.30. The number of rotatable bonds is 2. The summed E-state index contributed by atoms with van der Waals surface area (Å²) in [6.07, 6.45) is 3.08. The molecule has 0 saturated carbocycles. The fraction of sp³-hybridized carbons (Fsp3) is 0.0833. The van der Waals surface area contributed by atoms with Crippen molar-refractivity contribution in [2.24, 2.45) is 0 Å². The van der Waals surface area contributed by atoms with Gasteiger partial charge in [-0.15, -0.1) is 0 Å². The number of halogens is 2. The molecule has 1 aromatic carbocycles. The van der Waals surface area contributed by atoms with Crippen LogP contribution in [0, 0.1) is 0 Å². The summed E-state index contributed by atoms with van der Waals surface area (Å²) in [6.45, 7) is 1.77. The van der Waals surface area contributed by atoms with Crippen LogP contribution in [0.2, 0.25) is 5.22 Å². The third-order valence-electron chi connectivity index (χ3n) is 2.17. The molecule has 2 aromatic rings. The van der Waals surface area contributed by atoms with Gasteiger partial charge < -0.3 is 9.73 Å². The molecule has 0 saturated heterocycles. The zero-order valence-electron chi connectivity index (χ0n) is 8.96. The molecule has 0 radical (unpaired) electrons. The molecule has 0 spiro atoms. The molecule has 1 amide bonds. The van der Waals surface area contributed by atoms with E-state index in [4.69, 9.17) is 16.0 Å². The Labute approximate surface area is 112 Å². The van der Waals surface area contributed by atoms with Crippen LogP contribution >= 0.6 is 27.5 Å². The Bertz CT molecular complexity index is 604. The SMILES string of the molecule is CC=CC(=O)Nc1c(Cl)oc2ccc(Br)cc12. The van der Waals surface area contributed by atoms with Crippen molar-refractivity contribution in [3.05, 3.63) is 40.0 Å². The maximum absolute atomic E-state index is 11.5. The van der Waals surface area contributed by atoms with Crippen molar-refractivity contribution in [3.63, 3.8) is 0 Å². The smallest absolute Gasteiger partial charge is 0.248 e. The van der Waals surface area contributed by atoms with Crippen LogP contribution in [0.4, 0.5) is 5.69 Å². The standard InChI is InChI=1S/C12H9BrClNO2/c1-2-3-10(16)15-11-8-6-7(13)4-5-9(8)17-12(11)14/h2-6H,1H3,(H,15,16). The van der Waals surface area contributed by atoms with Gasteiger partial charge in [-0.25, -0.2) is 0 Å². The molecular formula is C12H9BrClNO2. The molecule has 0 bridgehead atoms. The first-order valence-electron chi connectivity index (χ1n) is 4.93. The van der Waals surface area contributed by atoms with Crippen LogP contribution in [-0.2, 0) is 4.79 Å². The fourth-order valence-electron chi connectivity index (χ4n) is 1.47. The van der Waals surface area contributed by atoms with E-state index < -0.39 is 0 Å². The number of anilines is 1. The van der Waals surface area contributed by atoms with Gasteiger partial charge in [-0.05, 0) is 42.8 Å². The van der Waals surface area contributed by atoms with Crippen LogP contribution in [-0.4, -0.2) is 5.91 Å². The highest BCUT2D eigenvalue weighted by atomic mass is 79.9. The molecule has 2 rings (SSSR count). The van der Waals surface area contributed by atoms with Crippen molar-refractivity contribution >= 4 is 50.1 Å². The summed E-state index contributed by atoms with van der Waals surface area (Å²) in [5.41, 5.74) is 1.13. The summed E-state index contributed by atoms with van der Waals surface area (Å²) in [5, 5.41) is 3.63. The summed E-state index contributed by atoms with van der Waals surface area (Å²) in [6, 6.07) is 5.48. The molecule has 17 heavy (non-hydrogen) atoms. The maximum atomic E-state index is 11.5. The maximum Gasteiger partial charge on any atom is 0.248 e. The number of nitrogens with one attached hydrogen (secondary N) is 1. The third-order valence-corrected chi connectivity index (χ3v) is 2.93. The van der Waals surface area contributed by atoms with E-state index in [1.807, 2.05) is 12.1 Å². The van der Waals surface area contributed by atoms with Gasteiger partial charge in [0.2, 0.25) is 11.1 Å². The number of hydrogen-bond donors (Lipinski definition) is 1. The van der Waals surface area contributed by atoms with Crippen molar-refractivity contribution < 1.29 is 9.21 Å². The Morgan fingerprint density at radius 2 is 2.29 bits per heavy atom. The fourth-order valence-corrected chi connectivity index (χ4v) is 2.07. The van der Waals surface area contributed by atoms with Gasteiger partial charge in [0, 0.05) is 9.86 Å². The van der Waals surface area contributed by atoms with Crippen LogP contribution in [0.5, 0.6) is 0 Å². The first-order chi connectivity index (χ1) is 8.11. The molecule has 1 aromatic heterocycles. The number of carbonyl (C=O) groups excluding carboxylic acids is 1. The lowest BCUT2D eigenvalue weighted by atomic mass is 10.2. The molecule has 0 aliphatic carbocycles. The number of amides is 1. The minimum Gasteiger partial charge on any atom is -0.442 e. The van der Waals surface area contributed by atoms with Crippen LogP contribution in [0.1, 0.15) is 6.92 Å². The second kappa shape index (κ2) is 4.94. The van der Waals surface area contributed by atoms with Crippen LogP contribution in [0.25, 0.3) is 11.0 Å². The van der Waals surface area contributed by atoms with Crippen molar-refractivity contribution in [1.29, 1.82) is 0 Å². The van der Waals surface area contributed by atoms with Crippen LogP contribution < -0.4 is 5.32 Å². The van der Waals surface area contributed by atoms with Gasteiger partial charge >= 0.3 is 0 Å². The zero-order chi connectivity index (χ0) is 12.4. The monoisotopic (exact) mass is 313 g/mol. The largest absolute Gasteiger partial charge is 0.442 e. The molecule has 1 N–H and O–H groups in total. The quantitative estimate of drug-likeness (QED) is 0.837. The van der Waals surface area contributed by atoms with E-state index >= 15 is 0 Å². The van der Waals surface area contributed by atoms with E-state index in [1.54, 1.807) is 19.1 Å². The Morgan fingerprint density at radius 3 is 3.00 bits per heavy atom. The van der Waals surface area contributed by atoms with Crippen molar-refractivity contribution in [2.75, 3.05) is 5.32 Å². The topological polar surface area (TPSA) is 42.2 Å². The molecule has 88 valence electrons. The van der Waals surface area contributed by atoms with Gasteiger partial charge in [0.1, 0.15) is 11.3 Å². The minimum atomic E-state index is -0.239. The molecule has 0 aliphatic heterocycles. The normalized spacial score (nSPS) is 11.2. The lowest BCUT2D eigenvalue weighted by molar-refractivity contribution is -0.111. The average molecular weight is 315 g/mol. The highest BCUT2D eigenvalue weighted by Crippen LogP contribution is 2.35. The van der Waals surface area contributed by atoms with E-state index in [1.165, 1.54) is 6.08 Å². The molecule has 0 aliphatic rings. The molecule has 0 atom stereocenters. The zero-order valence-corrected chi connectivity index (χ0v) is 11.3. The second-order valence-electron chi connectivity index (χ2n) is 3.38. The number of allylic oxidation sites excluding steroid dienone is 1. The van der Waals surface area contributed by atoms with Gasteiger partial charge in [-0.1, -0.05) is 22.0 Å². The Kier molecular flexibility index (Phi) is 3.54. The first kappa shape index (κ1) is 12.2. The predicted molar refractivity (Wildman–Crippen MR) is 72.4 cm³/mol. The number of furan rings is 1. The highest BCUT2D eigenvalue weighted by Gasteiger charge is 2.14. The molecule has 0 unspecified atom stereocenters. The number of hydrogen-bond acceptors (Lipinski definition) is 2. The van der Waals surface area contributed by atoms with E-state index in [0.717, 1.165) is 9.86 Å². The average Bonchev–Trinajstić information content (AvgIpc) is 2.56. The molecule has 3 nitrogen and oxygen atoms in total. The van der Waals surface area contributed by atoms with E-state index in [0.29, 0.717) is 11.3 Å². The minimum absolute atomic E-state index is 0.177. The number of benzene rings is 1. The molecule has 1 heterocycles. The van der Waals surface area contributed by atoms with Gasteiger partial charge in [0.15, 0.2) is 0 Å². The van der Waals surface area contributed by atoms with E-state index in [2.05, 4.69) is 21.2 Å². The first-order valence-corrected chi connectivity index (χ1v) is 6.10. The van der Waals surface area contributed by atoms with E-state index in [9.17, 15) is 4.79 Å². The predicted octanol–water partition coefficient (Wildman–Crippen LogP) is 4.36. The second-order valence-corrected chi connectivity index (χ2v) is 4.64. The lowest BCUT2D eigenvalue weighted by Crippen LogP contribution is -2.07. The van der Waals surface area contributed by atoms with Crippen LogP contribution in [0.15, 0.2) is 39.2 Å². The molecule has 5 heteroatoms. The van der Waals surface area contributed by atoms with E-state index in [-0.39, 0.29) is 11.1 Å². The summed E-state index contributed by atoms with van der Waals surface area (Å²) in [4.78, 5) is 11.5. The van der Waals surface area contributed by atoms with Gasteiger partial charge in [-0.2, -0.15) is 0 Å². The Balaban J connectivity index is 2.48. The van der Waals surface area contributed by atoms with Crippen LogP contribution in [0.3, 0.4) is 0 Å². The van der Waals surface area contributed by atoms with Crippen molar-refractivity contribution in [2.45, 2.75) is 6.92 Å². The van der Waals surface area contributed by atoms with Gasteiger partial charge in [0.05, 0.1) is 0 Å².